The Morgan fingerprint density at radius 2 is 1.47 bits per heavy atom. The molecule has 3 heteroatoms. The van der Waals surface area contributed by atoms with Crippen LogP contribution in [0.2, 0.25) is 10.1 Å². The van der Waals surface area contributed by atoms with Gasteiger partial charge in [0.25, 0.3) is 8.41 Å². The smallest absolute Gasteiger partial charge is 0.297 e. The van der Waals surface area contributed by atoms with E-state index in [1.165, 1.54) is 10.1 Å². The molecular weight excluding hydrogens is 271 g/mol. The molecule has 0 aliphatic rings. The highest BCUT2D eigenvalue weighted by molar-refractivity contribution is 7.31. The molecule has 0 nitrogen and oxygen atoms in total. The van der Waals surface area contributed by atoms with E-state index in [9.17, 15) is 0 Å². The van der Waals surface area contributed by atoms with Crippen molar-refractivity contribution in [3.05, 3.63) is 30.3 Å². The molecule has 0 atom stereocenters. The zero-order valence-corrected chi connectivity index (χ0v) is 14.5. The van der Waals surface area contributed by atoms with Gasteiger partial charge in [-0.05, 0) is 27.6 Å². The van der Waals surface area contributed by atoms with Crippen molar-refractivity contribution in [1.29, 1.82) is 0 Å². The van der Waals surface area contributed by atoms with Gasteiger partial charge < -0.3 is 4.11 Å². The van der Waals surface area contributed by atoms with Gasteiger partial charge in [-0.3, -0.25) is 0 Å². The van der Waals surface area contributed by atoms with Crippen molar-refractivity contribution in [3.63, 3.8) is 0 Å². The largest absolute Gasteiger partial charge is 0.306 e. The molecule has 2 rings (SSSR count). The molecule has 104 valence electrons. The number of thiophene rings is 1. The number of hydrogen-bond donors (Lipinski definition) is 0. The van der Waals surface area contributed by atoms with Crippen molar-refractivity contribution < 1.29 is 4.11 Å². The molecular formula is C16H23FSSi. The van der Waals surface area contributed by atoms with Crippen LogP contribution in [0.4, 0.5) is 4.11 Å². The normalized spacial score (nSPS) is 14.1. The number of hydrogen-bond acceptors (Lipinski definition) is 1. The van der Waals surface area contributed by atoms with Crippen molar-refractivity contribution in [2.24, 2.45) is 0 Å². The second-order valence-corrected chi connectivity index (χ2v) is 13.6. The SMILES string of the molecule is CC(C)(C)[Si](F)(c1cc2ccccc2s1)C(C)(C)C. The maximum absolute atomic E-state index is 16.1. The van der Waals surface area contributed by atoms with E-state index in [1.54, 1.807) is 11.3 Å². The number of rotatable bonds is 1. The molecule has 19 heavy (non-hydrogen) atoms. The third-order valence-corrected chi connectivity index (χ3v) is 10.9. The van der Waals surface area contributed by atoms with E-state index < -0.39 is 8.41 Å². The quantitative estimate of drug-likeness (QED) is 0.473. The summed E-state index contributed by atoms with van der Waals surface area (Å²) in [7, 11) is -3.09. The van der Waals surface area contributed by atoms with Crippen molar-refractivity contribution in [3.8, 4) is 0 Å². The maximum Gasteiger partial charge on any atom is 0.297 e. The Morgan fingerprint density at radius 1 is 0.947 bits per heavy atom. The Morgan fingerprint density at radius 3 is 1.95 bits per heavy atom. The summed E-state index contributed by atoms with van der Waals surface area (Å²) in [5, 5.41) is 0.573. The van der Waals surface area contributed by atoms with Crippen molar-refractivity contribution >= 4 is 34.3 Å². The van der Waals surface area contributed by atoms with Crippen LogP contribution in [0.15, 0.2) is 30.3 Å². The molecule has 0 saturated heterocycles. The fraction of sp³-hybridized carbons (Fsp3) is 0.500. The van der Waals surface area contributed by atoms with Crippen LogP contribution >= 0.6 is 11.3 Å². The van der Waals surface area contributed by atoms with Crippen LogP contribution in [0.3, 0.4) is 0 Å². The summed E-state index contributed by atoms with van der Waals surface area (Å²) in [6.07, 6.45) is 0. The standard InChI is InChI=1S/C16H23FSSi/c1-15(2,3)19(17,16(4,5)6)14-11-12-9-7-8-10-13(12)18-14/h7-11H,1-6H3. The van der Waals surface area contributed by atoms with E-state index in [2.05, 4.69) is 59.7 Å². The highest BCUT2D eigenvalue weighted by Gasteiger charge is 2.57. The van der Waals surface area contributed by atoms with Crippen LogP contribution < -0.4 is 4.50 Å². The lowest BCUT2D eigenvalue weighted by atomic mass is 10.2. The van der Waals surface area contributed by atoms with Gasteiger partial charge >= 0.3 is 0 Å². The maximum atomic E-state index is 16.1. The average Bonchev–Trinajstić information content (AvgIpc) is 2.68. The lowest BCUT2D eigenvalue weighted by Crippen LogP contribution is -2.56. The number of halogens is 1. The van der Waals surface area contributed by atoms with Crippen LogP contribution in [-0.2, 0) is 0 Å². The summed E-state index contributed by atoms with van der Waals surface area (Å²) in [4.78, 5) is 0. The fourth-order valence-corrected chi connectivity index (χ4v) is 10.6. The van der Waals surface area contributed by atoms with E-state index >= 15 is 4.11 Å². The van der Waals surface area contributed by atoms with Gasteiger partial charge in [0.2, 0.25) is 0 Å². The van der Waals surface area contributed by atoms with Gasteiger partial charge in [-0.2, -0.15) is 0 Å². The molecule has 0 bridgehead atoms. The number of benzene rings is 1. The summed E-state index contributed by atoms with van der Waals surface area (Å²) in [5.74, 6) is 0. The molecule has 0 fully saturated rings. The monoisotopic (exact) mass is 294 g/mol. The first kappa shape index (κ1) is 14.7. The summed E-state index contributed by atoms with van der Waals surface area (Å²) >= 11 is 1.64. The predicted molar refractivity (Wildman–Crippen MR) is 87.8 cm³/mol. The minimum atomic E-state index is -3.09. The first-order valence-corrected chi connectivity index (χ1v) is 9.45. The second-order valence-electron chi connectivity index (χ2n) is 7.31. The third-order valence-electron chi connectivity index (χ3n) is 3.83. The zero-order valence-electron chi connectivity index (χ0n) is 12.7. The molecule has 0 saturated carbocycles. The minimum absolute atomic E-state index is 0.299. The summed E-state index contributed by atoms with van der Waals surface area (Å²) in [6, 6.07) is 10.3. The van der Waals surface area contributed by atoms with Crippen LogP contribution in [-0.4, -0.2) is 8.41 Å². The fourth-order valence-electron chi connectivity index (χ4n) is 3.02. The molecule has 0 unspecified atom stereocenters. The molecule has 1 heterocycles. The van der Waals surface area contributed by atoms with E-state index in [4.69, 9.17) is 0 Å². The molecule has 0 N–H and O–H groups in total. The highest BCUT2D eigenvalue weighted by atomic mass is 32.1. The van der Waals surface area contributed by atoms with Crippen LogP contribution in [0.1, 0.15) is 41.5 Å². The molecule has 1 aromatic carbocycles. The lowest BCUT2D eigenvalue weighted by molar-refractivity contribution is 0.536. The van der Waals surface area contributed by atoms with E-state index in [0.29, 0.717) is 0 Å². The van der Waals surface area contributed by atoms with Gasteiger partial charge in [-0.25, -0.2) is 0 Å². The topological polar surface area (TPSA) is 0 Å². The average molecular weight is 295 g/mol. The lowest BCUT2D eigenvalue weighted by Gasteiger charge is -2.43. The van der Waals surface area contributed by atoms with Crippen molar-refractivity contribution in [2.75, 3.05) is 0 Å². The molecule has 0 aliphatic heterocycles. The predicted octanol–water partition coefficient (Wildman–Crippen LogP) is 5.62. The Hall–Kier alpha value is -0.673. The minimum Gasteiger partial charge on any atom is -0.306 e. The Balaban J connectivity index is 2.69. The first-order valence-electron chi connectivity index (χ1n) is 6.75. The molecule has 0 aliphatic carbocycles. The van der Waals surface area contributed by atoms with Gasteiger partial charge in [0.05, 0.1) is 0 Å². The van der Waals surface area contributed by atoms with Crippen molar-refractivity contribution in [2.45, 2.75) is 51.6 Å². The highest BCUT2D eigenvalue weighted by Crippen LogP contribution is 2.52. The van der Waals surface area contributed by atoms with Gasteiger partial charge in [0, 0.05) is 9.20 Å². The molecule has 2 aromatic rings. The van der Waals surface area contributed by atoms with E-state index in [-0.39, 0.29) is 10.1 Å². The van der Waals surface area contributed by atoms with Crippen LogP contribution in [0, 0.1) is 0 Å². The Bertz CT molecular complexity index is 540. The second kappa shape index (κ2) is 4.42. The Kier molecular flexibility index (Phi) is 3.43. The summed E-state index contributed by atoms with van der Waals surface area (Å²) in [6.45, 7) is 12.3. The molecule has 0 spiro atoms. The van der Waals surface area contributed by atoms with Crippen LogP contribution in [0.25, 0.3) is 10.1 Å². The zero-order chi connectivity index (χ0) is 14.5. The Labute approximate surface area is 120 Å². The van der Waals surface area contributed by atoms with Crippen molar-refractivity contribution in [1.82, 2.24) is 0 Å². The molecule has 0 radical (unpaired) electrons. The third kappa shape index (κ3) is 2.27. The van der Waals surface area contributed by atoms with Gasteiger partial charge in [0.15, 0.2) is 0 Å². The van der Waals surface area contributed by atoms with E-state index in [1.807, 2.05) is 12.1 Å². The summed E-state index contributed by atoms with van der Waals surface area (Å²) in [5.41, 5.74) is 0. The number of fused-ring (bicyclic) bond motifs is 1. The first-order chi connectivity index (χ1) is 8.57. The van der Waals surface area contributed by atoms with Gasteiger partial charge in [-0.1, -0.05) is 59.7 Å². The molecule has 0 amide bonds. The van der Waals surface area contributed by atoms with E-state index in [0.717, 1.165) is 4.50 Å². The summed E-state index contributed by atoms with van der Waals surface area (Å²) < 4.78 is 18.3. The van der Waals surface area contributed by atoms with Gasteiger partial charge in [0.1, 0.15) is 0 Å². The van der Waals surface area contributed by atoms with Crippen LogP contribution in [0.5, 0.6) is 0 Å². The van der Waals surface area contributed by atoms with Gasteiger partial charge in [-0.15, -0.1) is 11.3 Å². The molecule has 1 aromatic heterocycles.